The molecule has 4 heteroatoms. The molecule has 1 N–H and O–H groups in total. The summed E-state index contributed by atoms with van der Waals surface area (Å²) >= 11 is 0. The number of para-hydroxylation sites is 1. The molecule has 1 aromatic carbocycles. The van der Waals surface area contributed by atoms with Gasteiger partial charge in [0.25, 0.3) is 0 Å². The van der Waals surface area contributed by atoms with E-state index in [0.717, 1.165) is 43.9 Å². The van der Waals surface area contributed by atoms with Crippen LogP contribution in [-0.2, 0) is 4.79 Å². The molecule has 0 bridgehead atoms. The number of likely N-dealkylation sites (N-methyl/N-ethyl adjacent to an activating group) is 1. The number of nitrogens with one attached hydrogen (secondary N) is 1. The average molecular weight is 292 g/mol. The van der Waals surface area contributed by atoms with E-state index in [1.54, 1.807) is 0 Å². The summed E-state index contributed by atoms with van der Waals surface area (Å²) in [5, 5.41) is 2.96. The van der Waals surface area contributed by atoms with Gasteiger partial charge in [-0.3, -0.25) is 4.79 Å². The highest BCUT2D eigenvalue weighted by molar-refractivity contribution is 5.75. The first-order valence-electron chi connectivity index (χ1n) is 7.84. The molecule has 0 aliphatic heterocycles. The highest BCUT2D eigenvalue weighted by Gasteiger charge is 2.03. The number of rotatable bonds is 10. The Labute approximate surface area is 128 Å². The number of carbonyl (C=O) groups is 1. The maximum Gasteiger partial charge on any atom is 0.220 e. The molecule has 1 amide bonds. The lowest BCUT2D eigenvalue weighted by Crippen LogP contribution is -2.34. The molecule has 0 saturated carbocycles. The molecule has 0 aromatic heterocycles. The molecule has 0 spiro atoms. The van der Waals surface area contributed by atoms with Crippen LogP contribution in [0.15, 0.2) is 24.3 Å². The van der Waals surface area contributed by atoms with Gasteiger partial charge in [0.2, 0.25) is 5.91 Å². The van der Waals surface area contributed by atoms with Crippen LogP contribution in [0.4, 0.5) is 0 Å². The van der Waals surface area contributed by atoms with Crippen molar-refractivity contribution in [1.82, 2.24) is 10.2 Å². The van der Waals surface area contributed by atoms with Crippen molar-refractivity contribution in [2.45, 2.75) is 33.6 Å². The molecule has 1 aromatic rings. The van der Waals surface area contributed by atoms with E-state index in [9.17, 15) is 4.79 Å². The van der Waals surface area contributed by atoms with Crippen molar-refractivity contribution in [3.63, 3.8) is 0 Å². The monoisotopic (exact) mass is 292 g/mol. The number of aryl methyl sites for hydroxylation is 1. The van der Waals surface area contributed by atoms with Crippen LogP contribution in [0.2, 0.25) is 0 Å². The molecule has 1 rings (SSSR count). The smallest absolute Gasteiger partial charge is 0.220 e. The van der Waals surface area contributed by atoms with Crippen molar-refractivity contribution in [2.75, 3.05) is 32.8 Å². The van der Waals surface area contributed by atoms with Gasteiger partial charge in [-0.05, 0) is 38.1 Å². The highest BCUT2D eigenvalue weighted by Crippen LogP contribution is 2.16. The van der Waals surface area contributed by atoms with Crippen LogP contribution in [0.1, 0.15) is 32.3 Å². The molecule has 0 aliphatic carbocycles. The summed E-state index contributed by atoms with van der Waals surface area (Å²) < 4.78 is 5.68. The van der Waals surface area contributed by atoms with Gasteiger partial charge in [0.1, 0.15) is 5.75 Å². The summed E-state index contributed by atoms with van der Waals surface area (Å²) in [7, 11) is 0. The predicted molar refractivity (Wildman–Crippen MR) is 86.7 cm³/mol. The fourth-order valence-corrected chi connectivity index (χ4v) is 2.11. The number of amides is 1. The Morgan fingerprint density at radius 3 is 2.62 bits per heavy atom. The van der Waals surface area contributed by atoms with Crippen LogP contribution in [-0.4, -0.2) is 43.6 Å². The van der Waals surface area contributed by atoms with E-state index in [1.165, 1.54) is 0 Å². The Bertz CT molecular complexity index is 417. The Balaban J connectivity index is 2.10. The number of carbonyl (C=O) groups excluding carboxylic acids is 1. The van der Waals surface area contributed by atoms with Crippen molar-refractivity contribution in [1.29, 1.82) is 0 Å². The van der Waals surface area contributed by atoms with E-state index >= 15 is 0 Å². The van der Waals surface area contributed by atoms with Crippen molar-refractivity contribution in [3.8, 4) is 5.75 Å². The van der Waals surface area contributed by atoms with Crippen molar-refractivity contribution >= 4 is 5.91 Å². The Kier molecular flexibility index (Phi) is 8.51. The second-order valence-electron chi connectivity index (χ2n) is 5.09. The molecule has 0 radical (unpaired) electrons. The SMILES string of the molecule is CCN(CC)CCNC(=O)CCCOc1ccccc1C. The van der Waals surface area contributed by atoms with E-state index in [-0.39, 0.29) is 5.91 Å². The normalized spacial score (nSPS) is 10.7. The first kappa shape index (κ1) is 17.5. The molecule has 0 aliphatic rings. The Morgan fingerprint density at radius 2 is 1.95 bits per heavy atom. The van der Waals surface area contributed by atoms with Crippen LogP contribution in [0.25, 0.3) is 0 Å². The van der Waals surface area contributed by atoms with Crippen molar-refractivity contribution in [2.24, 2.45) is 0 Å². The minimum absolute atomic E-state index is 0.107. The topological polar surface area (TPSA) is 41.6 Å². The van der Waals surface area contributed by atoms with Crippen LogP contribution < -0.4 is 10.1 Å². The third-order valence-corrected chi connectivity index (χ3v) is 3.54. The van der Waals surface area contributed by atoms with Gasteiger partial charge in [0.15, 0.2) is 0 Å². The minimum Gasteiger partial charge on any atom is -0.493 e. The summed E-state index contributed by atoms with van der Waals surface area (Å²) in [6, 6.07) is 7.93. The summed E-state index contributed by atoms with van der Waals surface area (Å²) in [6.45, 7) is 10.6. The van der Waals surface area contributed by atoms with Gasteiger partial charge in [0, 0.05) is 19.5 Å². The quantitative estimate of drug-likeness (QED) is 0.674. The zero-order chi connectivity index (χ0) is 15.5. The largest absolute Gasteiger partial charge is 0.493 e. The molecule has 0 saturated heterocycles. The van der Waals surface area contributed by atoms with Gasteiger partial charge >= 0.3 is 0 Å². The van der Waals surface area contributed by atoms with Crippen LogP contribution in [0.3, 0.4) is 0 Å². The maximum atomic E-state index is 11.7. The lowest BCUT2D eigenvalue weighted by Gasteiger charge is -2.17. The molecule has 0 atom stereocenters. The molecule has 0 fully saturated rings. The maximum absolute atomic E-state index is 11.7. The molecule has 21 heavy (non-hydrogen) atoms. The number of benzene rings is 1. The van der Waals surface area contributed by atoms with E-state index in [2.05, 4.69) is 24.1 Å². The minimum atomic E-state index is 0.107. The fraction of sp³-hybridized carbons (Fsp3) is 0.588. The zero-order valence-corrected chi connectivity index (χ0v) is 13.5. The molecule has 118 valence electrons. The molecule has 0 unspecified atom stereocenters. The predicted octanol–water partition coefficient (Wildman–Crippen LogP) is 2.61. The standard InChI is InChI=1S/C17H28N2O2/c1-4-19(5-2)13-12-18-17(20)11-8-14-21-16-10-7-6-9-15(16)3/h6-7,9-10H,4-5,8,11-14H2,1-3H3,(H,18,20). The third kappa shape index (κ3) is 7.14. The van der Waals surface area contributed by atoms with E-state index in [4.69, 9.17) is 4.74 Å². The van der Waals surface area contributed by atoms with Crippen molar-refractivity contribution < 1.29 is 9.53 Å². The van der Waals surface area contributed by atoms with Crippen LogP contribution in [0.5, 0.6) is 5.75 Å². The number of hydrogen-bond donors (Lipinski definition) is 1. The average Bonchev–Trinajstić information content (AvgIpc) is 2.50. The van der Waals surface area contributed by atoms with Crippen molar-refractivity contribution in [3.05, 3.63) is 29.8 Å². The Hall–Kier alpha value is -1.55. The summed E-state index contributed by atoms with van der Waals surface area (Å²) in [5.74, 6) is 1.01. The second-order valence-corrected chi connectivity index (χ2v) is 5.09. The van der Waals surface area contributed by atoms with Gasteiger partial charge in [-0.2, -0.15) is 0 Å². The molecular formula is C17H28N2O2. The molecule has 0 heterocycles. The van der Waals surface area contributed by atoms with Crippen LogP contribution in [0, 0.1) is 6.92 Å². The van der Waals surface area contributed by atoms with E-state index < -0.39 is 0 Å². The lowest BCUT2D eigenvalue weighted by molar-refractivity contribution is -0.121. The molecule has 4 nitrogen and oxygen atoms in total. The lowest BCUT2D eigenvalue weighted by atomic mass is 10.2. The second kappa shape index (κ2) is 10.2. The summed E-state index contributed by atoms with van der Waals surface area (Å²) in [6.07, 6.45) is 1.26. The number of nitrogens with zero attached hydrogens (tertiary/aromatic N) is 1. The van der Waals surface area contributed by atoms with Gasteiger partial charge in [-0.15, -0.1) is 0 Å². The van der Waals surface area contributed by atoms with Gasteiger partial charge in [-0.25, -0.2) is 0 Å². The first-order valence-corrected chi connectivity index (χ1v) is 7.84. The third-order valence-electron chi connectivity index (χ3n) is 3.54. The van der Waals surface area contributed by atoms with Gasteiger partial charge in [0.05, 0.1) is 6.61 Å². The number of ether oxygens (including phenoxy) is 1. The van der Waals surface area contributed by atoms with E-state index in [0.29, 0.717) is 13.0 Å². The van der Waals surface area contributed by atoms with Gasteiger partial charge < -0.3 is 15.0 Å². The van der Waals surface area contributed by atoms with E-state index in [1.807, 2.05) is 31.2 Å². The highest BCUT2D eigenvalue weighted by atomic mass is 16.5. The summed E-state index contributed by atoms with van der Waals surface area (Å²) in [5.41, 5.74) is 1.13. The van der Waals surface area contributed by atoms with Gasteiger partial charge in [-0.1, -0.05) is 32.0 Å². The zero-order valence-electron chi connectivity index (χ0n) is 13.5. The Morgan fingerprint density at radius 1 is 1.24 bits per heavy atom. The fourth-order valence-electron chi connectivity index (χ4n) is 2.11. The summed E-state index contributed by atoms with van der Waals surface area (Å²) in [4.78, 5) is 14.0. The first-order chi connectivity index (χ1) is 10.2. The van der Waals surface area contributed by atoms with Crippen LogP contribution >= 0.6 is 0 Å². The number of hydrogen-bond acceptors (Lipinski definition) is 3. The molecular weight excluding hydrogens is 264 g/mol.